The summed E-state index contributed by atoms with van der Waals surface area (Å²) in [5, 5.41) is 6.49. The molecule has 1 N–H and O–H groups in total. The minimum atomic E-state index is -0.213. The van der Waals surface area contributed by atoms with Gasteiger partial charge in [0.25, 0.3) is 0 Å². The summed E-state index contributed by atoms with van der Waals surface area (Å²) in [5.41, 5.74) is 1.95. The van der Waals surface area contributed by atoms with Crippen LogP contribution in [0, 0.1) is 12.7 Å². The van der Waals surface area contributed by atoms with Gasteiger partial charge in [0.15, 0.2) is 5.96 Å². The molecule has 0 saturated carbocycles. The van der Waals surface area contributed by atoms with Gasteiger partial charge in [-0.2, -0.15) is 0 Å². The maximum atomic E-state index is 13.2. The van der Waals surface area contributed by atoms with Crippen molar-refractivity contribution in [3.05, 3.63) is 51.7 Å². The van der Waals surface area contributed by atoms with Crippen LogP contribution in [0.4, 0.5) is 4.39 Å². The Kier molecular flexibility index (Phi) is 8.95. The van der Waals surface area contributed by atoms with Gasteiger partial charge < -0.3 is 10.2 Å². The molecule has 144 valence electrons. The Hall–Kier alpha value is -1.22. The van der Waals surface area contributed by atoms with Crippen molar-refractivity contribution in [2.45, 2.75) is 39.7 Å². The second-order valence-corrected chi connectivity index (χ2v) is 7.84. The molecular weight excluding hydrogens is 462 g/mol. The molecule has 1 aromatic heterocycles. The molecule has 4 nitrogen and oxygen atoms in total. The Labute approximate surface area is 177 Å². The lowest BCUT2D eigenvalue weighted by atomic mass is 9.85. The van der Waals surface area contributed by atoms with Crippen LogP contribution in [0.3, 0.4) is 0 Å². The fraction of sp³-hybridized carbons (Fsp3) is 0.474. The molecule has 0 aliphatic carbocycles. The number of hydrogen-bond donors (Lipinski definition) is 1. The number of guanidine groups is 1. The summed E-state index contributed by atoms with van der Waals surface area (Å²) in [7, 11) is 2.01. The molecule has 26 heavy (non-hydrogen) atoms. The van der Waals surface area contributed by atoms with E-state index >= 15 is 0 Å². The maximum absolute atomic E-state index is 13.2. The molecule has 7 heteroatoms. The van der Waals surface area contributed by atoms with Crippen LogP contribution in [0.2, 0.25) is 0 Å². The number of halogens is 2. The number of hydrogen-bond acceptors (Lipinski definition) is 3. The fourth-order valence-electron chi connectivity index (χ4n) is 2.53. The first kappa shape index (κ1) is 22.8. The molecule has 0 amide bonds. The van der Waals surface area contributed by atoms with Crippen molar-refractivity contribution >= 4 is 41.3 Å². The summed E-state index contributed by atoms with van der Waals surface area (Å²) < 4.78 is 13.2. The molecule has 0 atom stereocenters. The van der Waals surface area contributed by atoms with Gasteiger partial charge in [0.1, 0.15) is 5.82 Å². The first-order valence-electron chi connectivity index (χ1n) is 8.48. The van der Waals surface area contributed by atoms with E-state index in [2.05, 4.69) is 41.4 Å². The van der Waals surface area contributed by atoms with Crippen LogP contribution in [0.1, 0.15) is 37.0 Å². The van der Waals surface area contributed by atoms with Crippen molar-refractivity contribution in [3.63, 3.8) is 0 Å². The molecule has 0 unspecified atom stereocenters. The van der Waals surface area contributed by atoms with Crippen LogP contribution in [0.25, 0.3) is 0 Å². The van der Waals surface area contributed by atoms with E-state index in [1.165, 1.54) is 12.1 Å². The monoisotopic (exact) mass is 490 g/mol. The van der Waals surface area contributed by atoms with Gasteiger partial charge in [0.2, 0.25) is 0 Å². The highest BCUT2D eigenvalue weighted by molar-refractivity contribution is 14.0. The highest BCUT2D eigenvalue weighted by atomic mass is 127. The zero-order valence-corrected chi connectivity index (χ0v) is 19.2. The molecule has 0 fully saturated rings. The van der Waals surface area contributed by atoms with Crippen molar-refractivity contribution in [2.75, 3.05) is 20.1 Å². The molecule has 0 aliphatic rings. The van der Waals surface area contributed by atoms with E-state index < -0.39 is 0 Å². The van der Waals surface area contributed by atoms with E-state index in [9.17, 15) is 4.39 Å². The number of benzene rings is 1. The van der Waals surface area contributed by atoms with Crippen molar-refractivity contribution < 1.29 is 4.39 Å². The Balaban J connectivity index is 0.00000338. The largest absolute Gasteiger partial charge is 0.357 e. The van der Waals surface area contributed by atoms with Crippen molar-refractivity contribution in [1.29, 1.82) is 0 Å². The number of nitrogens with one attached hydrogen (secondary N) is 1. The molecule has 2 rings (SSSR count). The van der Waals surface area contributed by atoms with E-state index in [4.69, 9.17) is 4.99 Å². The van der Waals surface area contributed by atoms with Crippen LogP contribution in [-0.2, 0) is 12.0 Å². The van der Waals surface area contributed by atoms with E-state index in [0.717, 1.165) is 28.8 Å². The molecule has 1 aromatic carbocycles. The zero-order chi connectivity index (χ0) is 18.4. The molecule has 0 spiro atoms. The van der Waals surface area contributed by atoms with Crippen LogP contribution < -0.4 is 5.32 Å². The second kappa shape index (κ2) is 10.2. The third kappa shape index (κ3) is 6.50. The molecular formula is C19H28FIN4S. The zero-order valence-electron chi connectivity index (χ0n) is 16.0. The highest BCUT2D eigenvalue weighted by Gasteiger charge is 2.21. The van der Waals surface area contributed by atoms with Gasteiger partial charge >= 0.3 is 0 Å². The van der Waals surface area contributed by atoms with Gasteiger partial charge in [-0.3, -0.25) is 4.99 Å². The smallest absolute Gasteiger partial charge is 0.194 e. The third-order valence-corrected chi connectivity index (χ3v) is 4.83. The number of aromatic nitrogens is 1. The van der Waals surface area contributed by atoms with Crippen LogP contribution in [0.15, 0.2) is 34.6 Å². The van der Waals surface area contributed by atoms with Gasteiger partial charge in [-0.25, -0.2) is 9.37 Å². The van der Waals surface area contributed by atoms with Crippen molar-refractivity contribution in [1.82, 2.24) is 15.2 Å². The predicted molar refractivity (Wildman–Crippen MR) is 119 cm³/mol. The average Bonchev–Trinajstić information content (AvgIpc) is 2.96. The first-order valence-corrected chi connectivity index (χ1v) is 9.36. The molecule has 2 aromatic rings. The lowest BCUT2D eigenvalue weighted by Crippen LogP contribution is -2.39. The van der Waals surface area contributed by atoms with E-state index in [0.29, 0.717) is 13.1 Å². The number of nitrogens with zero attached hydrogens (tertiary/aromatic N) is 3. The van der Waals surface area contributed by atoms with Crippen molar-refractivity contribution in [3.8, 4) is 0 Å². The van der Waals surface area contributed by atoms with Crippen molar-refractivity contribution in [2.24, 2.45) is 4.99 Å². The Morgan fingerprint density at radius 3 is 2.50 bits per heavy atom. The van der Waals surface area contributed by atoms with Crippen LogP contribution >= 0.6 is 35.3 Å². The summed E-state index contributed by atoms with van der Waals surface area (Å²) in [5.74, 6) is 0.637. The summed E-state index contributed by atoms with van der Waals surface area (Å²) in [6.07, 6.45) is 0. The van der Waals surface area contributed by atoms with Gasteiger partial charge in [0, 0.05) is 24.4 Å². The predicted octanol–water partition coefficient (Wildman–Crippen LogP) is 4.58. The SMILES string of the molecule is CCNC(=NCC(C)(C)c1ccc(F)cc1)N(C)Cc1csc(C)n1.I. The average molecular weight is 490 g/mol. The van der Waals surface area contributed by atoms with E-state index in [1.54, 1.807) is 11.3 Å². The quantitative estimate of drug-likeness (QED) is 0.366. The summed E-state index contributed by atoms with van der Waals surface area (Å²) >= 11 is 1.66. The normalized spacial score (nSPS) is 11.8. The van der Waals surface area contributed by atoms with Gasteiger partial charge in [0.05, 0.1) is 23.8 Å². The fourth-order valence-corrected chi connectivity index (χ4v) is 3.14. The topological polar surface area (TPSA) is 40.5 Å². The van der Waals surface area contributed by atoms with Gasteiger partial charge in [-0.1, -0.05) is 26.0 Å². The highest BCUT2D eigenvalue weighted by Crippen LogP contribution is 2.24. The number of rotatable bonds is 6. The minimum Gasteiger partial charge on any atom is -0.357 e. The summed E-state index contributed by atoms with van der Waals surface area (Å²) in [6, 6.07) is 6.67. The second-order valence-electron chi connectivity index (χ2n) is 6.77. The lowest BCUT2D eigenvalue weighted by molar-refractivity contribution is 0.461. The summed E-state index contributed by atoms with van der Waals surface area (Å²) in [4.78, 5) is 11.4. The van der Waals surface area contributed by atoms with Gasteiger partial charge in [-0.05, 0) is 31.5 Å². The molecule has 0 bridgehead atoms. The number of thiazole rings is 1. The van der Waals surface area contributed by atoms with Crippen LogP contribution in [-0.4, -0.2) is 36.0 Å². The maximum Gasteiger partial charge on any atom is 0.194 e. The third-order valence-electron chi connectivity index (χ3n) is 4.01. The van der Waals surface area contributed by atoms with E-state index in [1.807, 2.05) is 26.1 Å². The number of aliphatic imine (C=N–C) groups is 1. The Bertz CT molecular complexity index is 713. The van der Waals surface area contributed by atoms with Crippen LogP contribution in [0.5, 0.6) is 0 Å². The van der Waals surface area contributed by atoms with Gasteiger partial charge in [-0.15, -0.1) is 35.3 Å². The number of aryl methyl sites for hydroxylation is 1. The standard InChI is InChI=1S/C19H27FN4S.HI/c1-6-21-18(24(5)11-17-12-25-14(2)23-17)22-13-19(3,4)15-7-9-16(20)10-8-15;/h7-10,12H,6,11,13H2,1-5H3,(H,21,22);1H. The lowest BCUT2D eigenvalue weighted by Gasteiger charge is -2.26. The molecule has 1 heterocycles. The first-order chi connectivity index (χ1) is 11.8. The summed E-state index contributed by atoms with van der Waals surface area (Å²) in [6.45, 7) is 10.4. The Morgan fingerprint density at radius 1 is 1.31 bits per heavy atom. The minimum absolute atomic E-state index is 0. The molecule has 0 aliphatic heterocycles. The molecule has 0 saturated heterocycles. The Morgan fingerprint density at radius 2 is 1.96 bits per heavy atom. The molecule has 0 radical (unpaired) electrons. The van der Waals surface area contributed by atoms with E-state index in [-0.39, 0.29) is 35.2 Å².